The molecule has 1 aromatic carbocycles. The van der Waals surface area contributed by atoms with E-state index in [1.54, 1.807) is 29.0 Å². The highest BCUT2D eigenvalue weighted by molar-refractivity contribution is 9.10. The molecule has 20 heavy (non-hydrogen) atoms. The van der Waals surface area contributed by atoms with Crippen molar-refractivity contribution in [3.63, 3.8) is 0 Å². The van der Waals surface area contributed by atoms with Gasteiger partial charge in [-0.1, -0.05) is 28.9 Å². The molecule has 2 aromatic rings. The highest BCUT2D eigenvalue weighted by atomic mass is 79.9. The van der Waals surface area contributed by atoms with Gasteiger partial charge in [-0.2, -0.15) is 0 Å². The van der Waals surface area contributed by atoms with Crippen molar-refractivity contribution in [2.45, 2.75) is 26.4 Å². The molecule has 2 rings (SSSR count). The topological polar surface area (TPSA) is 34.0 Å². The molecular weight excluding hydrogens is 323 g/mol. The molecule has 0 atom stereocenters. The smallest absolute Gasteiger partial charge is 0.250 e. The summed E-state index contributed by atoms with van der Waals surface area (Å²) in [4.78, 5) is 11.6. The van der Waals surface area contributed by atoms with Crippen molar-refractivity contribution in [3.05, 3.63) is 62.7 Å². The Balaban J connectivity index is 2.10. The van der Waals surface area contributed by atoms with Gasteiger partial charge in [0, 0.05) is 35.4 Å². The van der Waals surface area contributed by atoms with Gasteiger partial charge in [0.25, 0.3) is 5.56 Å². The molecule has 0 saturated heterocycles. The number of nitrogens with one attached hydrogen (secondary N) is 1. The van der Waals surface area contributed by atoms with Crippen LogP contribution in [-0.4, -0.2) is 4.57 Å². The monoisotopic (exact) mass is 338 g/mol. The van der Waals surface area contributed by atoms with Gasteiger partial charge in [0.1, 0.15) is 5.82 Å². The van der Waals surface area contributed by atoms with Crippen LogP contribution in [-0.2, 0) is 13.1 Å². The summed E-state index contributed by atoms with van der Waals surface area (Å²) in [5.41, 5.74) is 1.37. The van der Waals surface area contributed by atoms with Crippen molar-refractivity contribution >= 4 is 21.6 Å². The first-order chi connectivity index (χ1) is 9.60. The molecule has 0 amide bonds. The van der Waals surface area contributed by atoms with Crippen LogP contribution in [0.4, 0.5) is 10.1 Å². The fourth-order valence-corrected chi connectivity index (χ4v) is 2.25. The van der Waals surface area contributed by atoms with Gasteiger partial charge in [0.15, 0.2) is 0 Å². The second-order valence-corrected chi connectivity index (χ2v) is 5.45. The van der Waals surface area contributed by atoms with Crippen LogP contribution in [0.25, 0.3) is 0 Å². The summed E-state index contributed by atoms with van der Waals surface area (Å²) in [6.45, 7) is 3.08. The molecule has 0 aliphatic carbocycles. The van der Waals surface area contributed by atoms with E-state index >= 15 is 0 Å². The Kier molecular flexibility index (Phi) is 4.95. The first-order valence-electron chi connectivity index (χ1n) is 6.48. The van der Waals surface area contributed by atoms with Gasteiger partial charge in [-0.25, -0.2) is 4.39 Å². The lowest BCUT2D eigenvalue weighted by molar-refractivity contribution is 0.612. The first kappa shape index (κ1) is 14.8. The van der Waals surface area contributed by atoms with E-state index in [-0.39, 0.29) is 11.4 Å². The van der Waals surface area contributed by atoms with Gasteiger partial charge < -0.3 is 9.88 Å². The van der Waals surface area contributed by atoms with Crippen molar-refractivity contribution in [1.82, 2.24) is 4.57 Å². The average Bonchev–Trinajstić information content (AvgIpc) is 2.41. The normalized spacial score (nSPS) is 10.6. The van der Waals surface area contributed by atoms with Crippen molar-refractivity contribution in [1.29, 1.82) is 0 Å². The lowest BCUT2D eigenvalue weighted by Crippen LogP contribution is -2.18. The molecular formula is C15H16BrFN2O. The Morgan fingerprint density at radius 2 is 2.10 bits per heavy atom. The van der Waals surface area contributed by atoms with E-state index in [2.05, 4.69) is 21.2 Å². The molecule has 3 nitrogen and oxygen atoms in total. The number of hydrogen-bond acceptors (Lipinski definition) is 2. The molecule has 0 aliphatic heterocycles. The number of hydrogen-bond donors (Lipinski definition) is 1. The standard InChI is InChI=1S/C15H16BrFN2O/c1-2-7-19-10-13(5-6-15(19)20)18-9-11-3-4-12(16)8-14(11)17/h3-6,8,10,18H,2,7,9H2,1H3. The summed E-state index contributed by atoms with van der Waals surface area (Å²) in [7, 11) is 0. The molecule has 0 spiro atoms. The molecule has 0 aliphatic rings. The number of benzene rings is 1. The SMILES string of the molecule is CCCn1cc(NCc2ccc(Br)cc2F)ccc1=O. The maximum absolute atomic E-state index is 13.7. The largest absolute Gasteiger partial charge is 0.380 e. The summed E-state index contributed by atoms with van der Waals surface area (Å²) >= 11 is 3.23. The van der Waals surface area contributed by atoms with Crippen LogP contribution in [0.15, 0.2) is 45.8 Å². The van der Waals surface area contributed by atoms with Gasteiger partial charge in [0.2, 0.25) is 0 Å². The van der Waals surface area contributed by atoms with Crippen LogP contribution < -0.4 is 10.9 Å². The lowest BCUT2D eigenvalue weighted by Gasteiger charge is -2.10. The first-order valence-corrected chi connectivity index (χ1v) is 7.27. The van der Waals surface area contributed by atoms with E-state index in [1.807, 2.05) is 6.92 Å². The molecule has 1 aromatic heterocycles. The zero-order chi connectivity index (χ0) is 14.5. The number of nitrogens with zero attached hydrogens (tertiary/aromatic N) is 1. The third-order valence-electron chi connectivity index (χ3n) is 2.95. The summed E-state index contributed by atoms with van der Waals surface area (Å²) in [5.74, 6) is -0.256. The van der Waals surface area contributed by atoms with Gasteiger partial charge >= 0.3 is 0 Å². The van der Waals surface area contributed by atoms with Gasteiger partial charge in [-0.3, -0.25) is 4.79 Å². The van der Waals surface area contributed by atoms with Crippen LogP contribution in [0.1, 0.15) is 18.9 Å². The van der Waals surface area contributed by atoms with Gasteiger partial charge in [-0.15, -0.1) is 0 Å². The average molecular weight is 339 g/mol. The van der Waals surface area contributed by atoms with Crippen molar-refractivity contribution in [2.24, 2.45) is 0 Å². The molecule has 0 fully saturated rings. The summed E-state index contributed by atoms with van der Waals surface area (Å²) in [6.07, 6.45) is 2.66. The highest BCUT2D eigenvalue weighted by Gasteiger charge is 2.03. The molecule has 0 bridgehead atoms. The minimum absolute atomic E-state index is 0.0211. The maximum Gasteiger partial charge on any atom is 0.250 e. The van der Waals surface area contributed by atoms with Crippen molar-refractivity contribution in [2.75, 3.05) is 5.32 Å². The van der Waals surface area contributed by atoms with E-state index in [0.29, 0.717) is 18.7 Å². The molecule has 1 heterocycles. The van der Waals surface area contributed by atoms with E-state index < -0.39 is 0 Å². The summed E-state index contributed by atoms with van der Waals surface area (Å²) in [5, 5.41) is 3.13. The second kappa shape index (κ2) is 6.70. The van der Waals surface area contributed by atoms with Crippen LogP contribution in [0, 0.1) is 5.82 Å². The third kappa shape index (κ3) is 3.70. The highest BCUT2D eigenvalue weighted by Crippen LogP contribution is 2.16. The molecule has 106 valence electrons. The molecule has 0 saturated carbocycles. The minimum atomic E-state index is -0.256. The van der Waals surface area contributed by atoms with E-state index in [4.69, 9.17) is 0 Å². The van der Waals surface area contributed by atoms with Crippen LogP contribution in [0.2, 0.25) is 0 Å². The number of halogens is 2. The Morgan fingerprint density at radius 1 is 1.30 bits per heavy atom. The predicted molar refractivity (Wildman–Crippen MR) is 82.4 cm³/mol. The quantitative estimate of drug-likeness (QED) is 0.900. The maximum atomic E-state index is 13.7. The molecule has 5 heteroatoms. The Bertz CT molecular complexity index is 655. The summed E-state index contributed by atoms with van der Waals surface area (Å²) in [6, 6.07) is 8.21. The van der Waals surface area contributed by atoms with E-state index in [9.17, 15) is 9.18 Å². The third-order valence-corrected chi connectivity index (χ3v) is 3.44. The predicted octanol–water partition coefficient (Wildman–Crippen LogP) is 3.77. The number of aryl methyl sites for hydroxylation is 1. The fourth-order valence-electron chi connectivity index (χ4n) is 1.91. The van der Waals surface area contributed by atoms with E-state index in [1.165, 1.54) is 12.1 Å². The Labute approximate surface area is 125 Å². The minimum Gasteiger partial charge on any atom is -0.380 e. The summed E-state index contributed by atoms with van der Waals surface area (Å²) < 4.78 is 16.1. The molecule has 0 radical (unpaired) electrons. The number of anilines is 1. The van der Waals surface area contributed by atoms with Gasteiger partial charge in [0.05, 0.1) is 5.69 Å². The zero-order valence-corrected chi connectivity index (χ0v) is 12.8. The van der Waals surface area contributed by atoms with Crippen LogP contribution in [0.3, 0.4) is 0 Å². The van der Waals surface area contributed by atoms with E-state index in [0.717, 1.165) is 16.6 Å². The fraction of sp³-hybridized carbons (Fsp3) is 0.267. The Morgan fingerprint density at radius 3 is 2.80 bits per heavy atom. The second-order valence-electron chi connectivity index (χ2n) is 4.54. The zero-order valence-electron chi connectivity index (χ0n) is 11.2. The number of aromatic nitrogens is 1. The van der Waals surface area contributed by atoms with Crippen molar-refractivity contribution < 1.29 is 4.39 Å². The lowest BCUT2D eigenvalue weighted by atomic mass is 10.2. The Hall–Kier alpha value is -1.62. The van der Waals surface area contributed by atoms with Gasteiger partial charge in [-0.05, 0) is 24.6 Å². The van der Waals surface area contributed by atoms with Crippen LogP contribution >= 0.6 is 15.9 Å². The van der Waals surface area contributed by atoms with Crippen LogP contribution in [0.5, 0.6) is 0 Å². The number of rotatable bonds is 5. The molecule has 0 unspecified atom stereocenters. The molecule has 1 N–H and O–H groups in total. The van der Waals surface area contributed by atoms with Crippen molar-refractivity contribution in [3.8, 4) is 0 Å². The number of pyridine rings is 1.